The van der Waals surface area contributed by atoms with Gasteiger partial charge in [-0.25, -0.2) is 0 Å². The Morgan fingerprint density at radius 1 is 0.373 bits per heavy atom. The molecule has 0 bridgehead atoms. The number of hydrogen-bond donors (Lipinski definition) is 0. The minimum atomic E-state index is -0.483. The number of hydrogen-bond acceptors (Lipinski definition) is 2. The SMILES string of the molecule is c1ccc(N(c2ccccc2)c2ccccc2-c2cccc3c2oc2cc(C4(c5ccccc5)c5ccccc5-c5ccccc54)ccc23)cc1. The predicted molar refractivity (Wildman–Crippen MR) is 211 cm³/mol. The minimum absolute atomic E-state index is 0.483. The maximum Gasteiger partial charge on any atom is 0.143 e. The molecule has 51 heavy (non-hydrogen) atoms. The Balaban J connectivity index is 1.20. The van der Waals surface area contributed by atoms with Crippen molar-refractivity contribution in [2.75, 3.05) is 4.90 Å². The summed E-state index contributed by atoms with van der Waals surface area (Å²) in [4.78, 5) is 2.33. The third-order valence-corrected chi connectivity index (χ3v) is 10.6. The van der Waals surface area contributed by atoms with Crippen molar-refractivity contribution >= 4 is 39.0 Å². The highest BCUT2D eigenvalue weighted by atomic mass is 16.3. The number of fused-ring (bicyclic) bond motifs is 6. The first-order valence-corrected chi connectivity index (χ1v) is 17.5. The van der Waals surface area contributed by atoms with Crippen LogP contribution >= 0.6 is 0 Å². The van der Waals surface area contributed by atoms with Crippen LogP contribution in [0.15, 0.2) is 205 Å². The quantitative estimate of drug-likeness (QED) is 0.178. The third-order valence-electron chi connectivity index (χ3n) is 10.6. The summed E-state index contributed by atoms with van der Waals surface area (Å²) in [7, 11) is 0. The summed E-state index contributed by atoms with van der Waals surface area (Å²) in [5.74, 6) is 0. The van der Waals surface area contributed by atoms with Crippen LogP contribution in [0.4, 0.5) is 17.1 Å². The molecular weight excluding hydrogens is 619 g/mol. The van der Waals surface area contributed by atoms with E-state index in [1.807, 2.05) is 0 Å². The second-order valence-corrected chi connectivity index (χ2v) is 13.2. The summed E-state index contributed by atoms with van der Waals surface area (Å²) in [6.07, 6.45) is 0. The zero-order chi connectivity index (χ0) is 33.8. The molecule has 0 saturated heterocycles. The average Bonchev–Trinajstić information content (AvgIpc) is 3.73. The first kappa shape index (κ1) is 29.3. The van der Waals surface area contributed by atoms with E-state index >= 15 is 0 Å². The van der Waals surface area contributed by atoms with E-state index in [1.54, 1.807) is 0 Å². The normalized spacial score (nSPS) is 12.9. The second kappa shape index (κ2) is 11.8. The Morgan fingerprint density at radius 2 is 0.902 bits per heavy atom. The molecule has 0 radical (unpaired) electrons. The Hall–Kier alpha value is -6.64. The second-order valence-electron chi connectivity index (χ2n) is 13.2. The predicted octanol–water partition coefficient (Wildman–Crippen LogP) is 13.1. The van der Waals surface area contributed by atoms with E-state index in [9.17, 15) is 0 Å². The van der Waals surface area contributed by atoms with Gasteiger partial charge in [0.15, 0.2) is 0 Å². The Morgan fingerprint density at radius 3 is 1.55 bits per heavy atom. The lowest BCUT2D eigenvalue weighted by Gasteiger charge is -2.33. The van der Waals surface area contributed by atoms with Crippen molar-refractivity contribution in [1.82, 2.24) is 0 Å². The summed E-state index contributed by atoms with van der Waals surface area (Å²) < 4.78 is 7.02. The molecule has 0 aliphatic heterocycles. The van der Waals surface area contributed by atoms with Gasteiger partial charge in [0.05, 0.1) is 11.1 Å². The molecular formula is C49H33NO. The molecule has 0 unspecified atom stereocenters. The molecule has 0 amide bonds. The van der Waals surface area contributed by atoms with Gasteiger partial charge in [-0.3, -0.25) is 0 Å². The van der Waals surface area contributed by atoms with Crippen LogP contribution in [0.5, 0.6) is 0 Å². The van der Waals surface area contributed by atoms with Gasteiger partial charge in [-0.05, 0) is 69.8 Å². The maximum atomic E-state index is 7.02. The first-order valence-electron chi connectivity index (χ1n) is 17.5. The van der Waals surface area contributed by atoms with Gasteiger partial charge in [0.1, 0.15) is 11.2 Å². The minimum Gasteiger partial charge on any atom is -0.455 e. The molecule has 1 aliphatic rings. The van der Waals surface area contributed by atoms with Crippen LogP contribution in [0.1, 0.15) is 22.3 Å². The van der Waals surface area contributed by atoms with E-state index in [2.05, 4.69) is 205 Å². The lowest BCUT2D eigenvalue weighted by molar-refractivity contribution is 0.666. The van der Waals surface area contributed by atoms with Crippen molar-refractivity contribution in [1.29, 1.82) is 0 Å². The number of benzene rings is 8. The molecule has 1 heterocycles. The largest absolute Gasteiger partial charge is 0.455 e. The molecule has 0 fully saturated rings. The molecule has 0 saturated carbocycles. The fourth-order valence-corrected chi connectivity index (χ4v) is 8.43. The van der Waals surface area contributed by atoms with Crippen LogP contribution in [-0.4, -0.2) is 0 Å². The molecule has 0 N–H and O–H groups in total. The molecule has 10 rings (SSSR count). The summed E-state index contributed by atoms with van der Waals surface area (Å²) in [5, 5.41) is 2.22. The standard InChI is InChI=1S/C49H33NO/c1-4-17-34(18-5-1)49(44-28-13-10-23-38(44)39-24-11-14-29-45(39)49)35-31-32-41-43-27-16-26-42(48(43)51-47(41)33-35)40-25-12-15-30-46(40)50(36-19-6-2-7-20-36)37-21-8-3-9-22-37/h1-33H. The lowest BCUT2D eigenvalue weighted by Crippen LogP contribution is -2.28. The summed E-state index contributed by atoms with van der Waals surface area (Å²) in [6.45, 7) is 0. The molecule has 2 nitrogen and oxygen atoms in total. The first-order chi connectivity index (χ1) is 25.3. The van der Waals surface area contributed by atoms with E-state index in [-0.39, 0.29) is 0 Å². The fourth-order valence-electron chi connectivity index (χ4n) is 8.43. The van der Waals surface area contributed by atoms with Crippen molar-refractivity contribution in [3.8, 4) is 22.3 Å². The van der Waals surface area contributed by atoms with Gasteiger partial charge in [0, 0.05) is 33.3 Å². The average molecular weight is 652 g/mol. The van der Waals surface area contributed by atoms with E-state index in [0.29, 0.717) is 0 Å². The molecule has 2 heteroatoms. The van der Waals surface area contributed by atoms with Crippen LogP contribution in [0.3, 0.4) is 0 Å². The highest BCUT2D eigenvalue weighted by Crippen LogP contribution is 2.56. The number of furan rings is 1. The van der Waals surface area contributed by atoms with Gasteiger partial charge in [0.2, 0.25) is 0 Å². The number of rotatable bonds is 6. The van der Waals surface area contributed by atoms with Gasteiger partial charge in [-0.15, -0.1) is 0 Å². The zero-order valence-corrected chi connectivity index (χ0v) is 27.9. The van der Waals surface area contributed by atoms with E-state index < -0.39 is 5.41 Å². The lowest BCUT2D eigenvalue weighted by atomic mass is 9.67. The molecule has 240 valence electrons. The molecule has 9 aromatic rings. The van der Waals surface area contributed by atoms with Gasteiger partial charge >= 0.3 is 0 Å². The van der Waals surface area contributed by atoms with E-state index in [1.165, 1.54) is 33.4 Å². The Labute approximate surface area is 297 Å². The van der Waals surface area contributed by atoms with Crippen molar-refractivity contribution in [2.45, 2.75) is 5.41 Å². The molecule has 1 aromatic heterocycles. The van der Waals surface area contributed by atoms with Gasteiger partial charge in [-0.1, -0.05) is 164 Å². The molecule has 8 aromatic carbocycles. The Kier molecular flexibility index (Phi) is 6.75. The third kappa shape index (κ3) is 4.43. The van der Waals surface area contributed by atoms with Crippen LogP contribution in [-0.2, 0) is 5.41 Å². The number of para-hydroxylation sites is 4. The molecule has 0 atom stereocenters. The molecule has 0 spiro atoms. The maximum absolute atomic E-state index is 7.02. The smallest absolute Gasteiger partial charge is 0.143 e. The van der Waals surface area contributed by atoms with Crippen molar-refractivity contribution in [3.05, 3.63) is 222 Å². The van der Waals surface area contributed by atoms with Crippen LogP contribution < -0.4 is 4.90 Å². The van der Waals surface area contributed by atoms with E-state index in [4.69, 9.17) is 4.42 Å². The summed E-state index contributed by atoms with van der Waals surface area (Å²) in [5.41, 5.74) is 14.3. The van der Waals surface area contributed by atoms with Crippen LogP contribution in [0, 0.1) is 0 Å². The fraction of sp³-hybridized carbons (Fsp3) is 0.0204. The van der Waals surface area contributed by atoms with E-state index in [0.717, 1.165) is 50.1 Å². The summed E-state index contributed by atoms with van der Waals surface area (Å²) >= 11 is 0. The highest BCUT2D eigenvalue weighted by Gasteiger charge is 2.46. The number of anilines is 3. The van der Waals surface area contributed by atoms with Gasteiger partial charge in [0.25, 0.3) is 0 Å². The monoisotopic (exact) mass is 651 g/mol. The van der Waals surface area contributed by atoms with Gasteiger partial charge < -0.3 is 9.32 Å². The summed E-state index contributed by atoms with van der Waals surface area (Å²) in [6, 6.07) is 71.9. The van der Waals surface area contributed by atoms with Gasteiger partial charge in [-0.2, -0.15) is 0 Å². The van der Waals surface area contributed by atoms with Crippen LogP contribution in [0.2, 0.25) is 0 Å². The van der Waals surface area contributed by atoms with Crippen molar-refractivity contribution < 1.29 is 4.42 Å². The van der Waals surface area contributed by atoms with Crippen molar-refractivity contribution in [2.24, 2.45) is 0 Å². The Bertz CT molecular complexity index is 2610. The topological polar surface area (TPSA) is 16.4 Å². The van der Waals surface area contributed by atoms with Crippen LogP contribution in [0.25, 0.3) is 44.2 Å². The number of nitrogens with zero attached hydrogens (tertiary/aromatic N) is 1. The zero-order valence-electron chi connectivity index (χ0n) is 27.9. The van der Waals surface area contributed by atoms with Crippen molar-refractivity contribution in [3.63, 3.8) is 0 Å². The molecule has 1 aliphatic carbocycles. The highest BCUT2D eigenvalue weighted by molar-refractivity contribution is 6.11.